The molecule has 0 spiro atoms. The number of aromatic nitrogens is 2. The third kappa shape index (κ3) is 1.98. The Morgan fingerprint density at radius 1 is 1.43 bits per heavy atom. The maximum atomic E-state index is 5.58. The molecule has 14 heavy (non-hydrogen) atoms. The highest BCUT2D eigenvalue weighted by Gasteiger charge is 2.14. The average Bonchev–Trinajstić information content (AvgIpc) is 2.58. The van der Waals surface area contributed by atoms with E-state index in [1.54, 1.807) is 0 Å². The monoisotopic (exact) mass is 194 g/mol. The highest BCUT2D eigenvalue weighted by Crippen LogP contribution is 2.19. The first kappa shape index (κ1) is 9.71. The van der Waals surface area contributed by atoms with E-state index in [1.807, 2.05) is 6.33 Å². The number of hydrogen-bond acceptors (Lipinski definition) is 2. The van der Waals surface area contributed by atoms with Crippen molar-refractivity contribution >= 4 is 0 Å². The number of nitrogens with zero attached hydrogens (tertiary/aromatic N) is 2. The fraction of sp³-hybridized carbons (Fsp3) is 0.727. The van der Waals surface area contributed by atoms with Crippen molar-refractivity contribution in [1.82, 2.24) is 9.55 Å². The lowest BCUT2D eigenvalue weighted by Gasteiger charge is -2.15. The molecule has 0 aromatic carbocycles. The Morgan fingerprint density at radius 2 is 2.21 bits per heavy atom. The van der Waals surface area contributed by atoms with Gasteiger partial charge < -0.3 is 9.30 Å². The van der Waals surface area contributed by atoms with Gasteiger partial charge in [-0.05, 0) is 39.5 Å². The van der Waals surface area contributed by atoms with Gasteiger partial charge in [0.15, 0.2) is 0 Å². The quantitative estimate of drug-likeness (QED) is 0.737. The predicted molar refractivity (Wildman–Crippen MR) is 55.1 cm³/mol. The molecule has 0 radical (unpaired) electrons. The molecule has 3 nitrogen and oxygen atoms in total. The van der Waals surface area contributed by atoms with Crippen LogP contribution in [0.15, 0.2) is 6.33 Å². The van der Waals surface area contributed by atoms with Crippen LogP contribution in [0, 0.1) is 0 Å². The van der Waals surface area contributed by atoms with E-state index in [0.29, 0.717) is 6.73 Å². The molecule has 0 amide bonds. The SMILES string of the molecule is CC(C)OCn1cnc2c1CCCC2. The molecule has 3 heteroatoms. The Hall–Kier alpha value is -0.830. The van der Waals surface area contributed by atoms with Crippen molar-refractivity contribution in [2.45, 2.75) is 52.4 Å². The first-order valence-electron chi connectivity index (χ1n) is 5.42. The van der Waals surface area contributed by atoms with Crippen molar-refractivity contribution in [3.8, 4) is 0 Å². The van der Waals surface area contributed by atoms with Gasteiger partial charge in [-0.15, -0.1) is 0 Å². The molecule has 2 rings (SSSR count). The topological polar surface area (TPSA) is 27.1 Å². The van der Waals surface area contributed by atoms with Crippen molar-refractivity contribution in [3.63, 3.8) is 0 Å². The molecule has 0 aliphatic heterocycles. The minimum Gasteiger partial charge on any atom is -0.358 e. The molecule has 0 atom stereocenters. The van der Waals surface area contributed by atoms with Gasteiger partial charge in [0, 0.05) is 5.69 Å². The minimum atomic E-state index is 0.289. The fourth-order valence-electron chi connectivity index (χ4n) is 1.87. The highest BCUT2D eigenvalue weighted by molar-refractivity contribution is 5.15. The van der Waals surface area contributed by atoms with Crippen LogP contribution in [-0.2, 0) is 24.3 Å². The summed E-state index contributed by atoms with van der Waals surface area (Å²) in [7, 11) is 0. The van der Waals surface area contributed by atoms with E-state index >= 15 is 0 Å². The summed E-state index contributed by atoms with van der Waals surface area (Å²) in [5.74, 6) is 0. The molecular formula is C11H18N2O. The zero-order valence-corrected chi connectivity index (χ0v) is 8.99. The second-order valence-electron chi connectivity index (χ2n) is 4.16. The maximum Gasteiger partial charge on any atom is 0.124 e. The van der Waals surface area contributed by atoms with E-state index in [4.69, 9.17) is 4.74 Å². The van der Waals surface area contributed by atoms with Crippen LogP contribution in [0.1, 0.15) is 38.1 Å². The van der Waals surface area contributed by atoms with Gasteiger partial charge in [-0.25, -0.2) is 4.98 Å². The van der Waals surface area contributed by atoms with Crippen LogP contribution in [-0.4, -0.2) is 15.7 Å². The molecule has 0 saturated heterocycles. The second kappa shape index (κ2) is 4.13. The van der Waals surface area contributed by atoms with Crippen LogP contribution in [0.5, 0.6) is 0 Å². The summed E-state index contributed by atoms with van der Waals surface area (Å²) in [4.78, 5) is 4.42. The molecule has 0 N–H and O–H groups in total. The van der Waals surface area contributed by atoms with Gasteiger partial charge in [0.05, 0.1) is 18.1 Å². The number of rotatable bonds is 3. The minimum absolute atomic E-state index is 0.289. The smallest absolute Gasteiger partial charge is 0.124 e. The summed E-state index contributed by atoms with van der Waals surface area (Å²) in [6, 6.07) is 0. The molecule has 0 saturated carbocycles. The Labute approximate surface area is 85.1 Å². The Balaban J connectivity index is 2.06. The lowest BCUT2D eigenvalue weighted by atomic mass is 10.0. The van der Waals surface area contributed by atoms with Crippen molar-refractivity contribution < 1.29 is 4.74 Å². The third-order valence-electron chi connectivity index (χ3n) is 2.66. The molecule has 0 unspecified atom stereocenters. The number of fused-ring (bicyclic) bond motifs is 1. The van der Waals surface area contributed by atoms with Gasteiger partial charge in [0.2, 0.25) is 0 Å². The number of ether oxygens (including phenoxy) is 1. The number of aryl methyl sites for hydroxylation is 1. The van der Waals surface area contributed by atoms with E-state index in [0.717, 1.165) is 12.8 Å². The van der Waals surface area contributed by atoms with Crippen LogP contribution in [0.25, 0.3) is 0 Å². The fourth-order valence-corrected chi connectivity index (χ4v) is 1.87. The summed E-state index contributed by atoms with van der Waals surface area (Å²) in [5.41, 5.74) is 2.67. The second-order valence-corrected chi connectivity index (χ2v) is 4.16. The van der Waals surface area contributed by atoms with Crippen molar-refractivity contribution in [3.05, 3.63) is 17.7 Å². The molecule has 0 fully saturated rings. The standard InChI is InChI=1S/C11H18N2O/c1-9(2)14-8-13-7-12-10-5-3-4-6-11(10)13/h7,9H,3-6,8H2,1-2H3. The van der Waals surface area contributed by atoms with E-state index in [-0.39, 0.29) is 6.10 Å². The molecule has 0 bridgehead atoms. The summed E-state index contributed by atoms with van der Waals surface area (Å²) >= 11 is 0. The van der Waals surface area contributed by atoms with E-state index in [9.17, 15) is 0 Å². The van der Waals surface area contributed by atoms with Crippen LogP contribution >= 0.6 is 0 Å². The van der Waals surface area contributed by atoms with Gasteiger partial charge >= 0.3 is 0 Å². The van der Waals surface area contributed by atoms with E-state index < -0.39 is 0 Å². The molecular weight excluding hydrogens is 176 g/mol. The Bertz CT molecular complexity index is 304. The van der Waals surface area contributed by atoms with E-state index in [2.05, 4.69) is 23.4 Å². The lowest BCUT2D eigenvalue weighted by molar-refractivity contribution is 0.0271. The molecule has 1 aliphatic rings. The predicted octanol–water partition coefficient (Wildman–Crippen LogP) is 2.14. The Kier molecular flexibility index (Phi) is 2.87. The largest absolute Gasteiger partial charge is 0.358 e. The first-order valence-corrected chi connectivity index (χ1v) is 5.42. The van der Waals surface area contributed by atoms with E-state index in [1.165, 1.54) is 24.2 Å². The van der Waals surface area contributed by atoms with Crippen molar-refractivity contribution in [2.75, 3.05) is 0 Å². The zero-order valence-electron chi connectivity index (χ0n) is 8.99. The van der Waals surface area contributed by atoms with Gasteiger partial charge in [-0.1, -0.05) is 0 Å². The summed E-state index contributed by atoms with van der Waals surface area (Å²) < 4.78 is 7.72. The van der Waals surface area contributed by atoms with Crippen LogP contribution in [0.2, 0.25) is 0 Å². The number of hydrogen-bond donors (Lipinski definition) is 0. The normalized spacial score (nSPS) is 15.9. The number of imidazole rings is 1. The van der Waals surface area contributed by atoms with Crippen molar-refractivity contribution in [2.24, 2.45) is 0 Å². The first-order chi connectivity index (χ1) is 6.77. The molecule has 1 aliphatic carbocycles. The zero-order chi connectivity index (χ0) is 9.97. The van der Waals surface area contributed by atoms with Crippen LogP contribution < -0.4 is 0 Å². The summed E-state index contributed by atoms with van der Waals surface area (Å²) in [6.45, 7) is 4.77. The van der Waals surface area contributed by atoms with Crippen LogP contribution in [0.3, 0.4) is 0 Å². The summed E-state index contributed by atoms with van der Waals surface area (Å²) in [5, 5.41) is 0. The molecule has 1 aromatic rings. The van der Waals surface area contributed by atoms with Crippen molar-refractivity contribution in [1.29, 1.82) is 0 Å². The molecule has 1 heterocycles. The van der Waals surface area contributed by atoms with Gasteiger partial charge in [0.25, 0.3) is 0 Å². The summed E-state index contributed by atoms with van der Waals surface area (Å²) in [6.07, 6.45) is 7.09. The third-order valence-corrected chi connectivity index (χ3v) is 2.66. The lowest BCUT2D eigenvalue weighted by Crippen LogP contribution is -2.12. The molecule has 1 aromatic heterocycles. The maximum absolute atomic E-state index is 5.58. The van der Waals surface area contributed by atoms with Gasteiger partial charge in [-0.3, -0.25) is 0 Å². The van der Waals surface area contributed by atoms with Crippen LogP contribution in [0.4, 0.5) is 0 Å². The Morgan fingerprint density at radius 3 is 3.00 bits per heavy atom. The van der Waals surface area contributed by atoms with Gasteiger partial charge in [-0.2, -0.15) is 0 Å². The molecule has 78 valence electrons. The average molecular weight is 194 g/mol. The van der Waals surface area contributed by atoms with Gasteiger partial charge in [0.1, 0.15) is 6.73 Å². The highest BCUT2D eigenvalue weighted by atomic mass is 16.5.